The molecule has 0 bridgehead atoms. The van der Waals surface area contributed by atoms with E-state index >= 15 is 0 Å². The fraction of sp³-hybridized carbons (Fsp3) is 0.562. The second-order valence-electron chi connectivity index (χ2n) is 6.21. The van der Waals surface area contributed by atoms with Crippen LogP contribution >= 0.6 is 0 Å². The van der Waals surface area contributed by atoms with Crippen LogP contribution in [0.2, 0.25) is 0 Å². The lowest BCUT2D eigenvalue weighted by atomic mass is 9.98. The van der Waals surface area contributed by atoms with E-state index in [2.05, 4.69) is 15.0 Å². The smallest absolute Gasteiger partial charge is 0.422 e. The number of amides is 3. The zero-order valence-electron chi connectivity index (χ0n) is 14.0. The Morgan fingerprint density at radius 1 is 1.36 bits per heavy atom. The van der Waals surface area contributed by atoms with E-state index in [1.54, 1.807) is 6.07 Å². The standard InChI is InChI=1S/C16H20F3N3O3/c1-10(2)12-7-14(23)22(15(24)21-12)6-5-11-3-4-13(20-8-11)25-9-16(17,18)19/h3-4,8,10,12H,5-7,9H2,1-2H3,(H,21,24)/t12-/m1/s1. The minimum Gasteiger partial charge on any atom is -0.468 e. The number of alkyl halides is 3. The molecule has 6 nitrogen and oxygen atoms in total. The highest BCUT2D eigenvalue weighted by molar-refractivity contribution is 5.97. The van der Waals surface area contributed by atoms with Crippen molar-refractivity contribution in [2.75, 3.05) is 13.2 Å². The number of ether oxygens (including phenoxy) is 1. The number of carbonyl (C=O) groups is 2. The van der Waals surface area contributed by atoms with E-state index in [0.29, 0.717) is 12.0 Å². The molecule has 0 aliphatic carbocycles. The predicted molar refractivity (Wildman–Crippen MR) is 83.0 cm³/mol. The van der Waals surface area contributed by atoms with Gasteiger partial charge in [0.15, 0.2) is 6.61 Å². The molecule has 2 heterocycles. The average molecular weight is 359 g/mol. The Morgan fingerprint density at radius 3 is 2.60 bits per heavy atom. The normalized spacial score (nSPS) is 18.5. The minimum atomic E-state index is -4.42. The number of rotatable bonds is 6. The monoisotopic (exact) mass is 359 g/mol. The molecule has 0 aromatic carbocycles. The first-order chi connectivity index (χ1) is 11.7. The summed E-state index contributed by atoms with van der Waals surface area (Å²) >= 11 is 0. The molecular formula is C16H20F3N3O3. The Kier molecular flexibility index (Phi) is 5.86. The van der Waals surface area contributed by atoms with Crippen LogP contribution < -0.4 is 10.1 Å². The summed E-state index contributed by atoms with van der Waals surface area (Å²) in [5.41, 5.74) is 0.686. The summed E-state index contributed by atoms with van der Waals surface area (Å²) in [6, 6.07) is 2.30. The van der Waals surface area contributed by atoms with Crippen molar-refractivity contribution in [3.63, 3.8) is 0 Å². The minimum absolute atomic E-state index is 0.132. The van der Waals surface area contributed by atoms with Crippen LogP contribution in [0.5, 0.6) is 5.88 Å². The summed E-state index contributed by atoms with van der Waals surface area (Å²) in [6.45, 7) is 2.64. The van der Waals surface area contributed by atoms with Gasteiger partial charge in [-0.25, -0.2) is 9.78 Å². The van der Waals surface area contributed by atoms with Crippen molar-refractivity contribution in [3.05, 3.63) is 23.9 Å². The van der Waals surface area contributed by atoms with E-state index in [9.17, 15) is 22.8 Å². The van der Waals surface area contributed by atoms with Gasteiger partial charge in [0.05, 0.1) is 0 Å². The Bertz CT molecular complexity index is 599. The molecule has 1 N–H and O–H groups in total. The molecule has 1 saturated heterocycles. The molecule has 0 unspecified atom stereocenters. The van der Waals surface area contributed by atoms with Crippen LogP contribution in [-0.4, -0.2) is 47.2 Å². The molecule has 1 fully saturated rings. The first kappa shape index (κ1) is 19.0. The predicted octanol–water partition coefficient (Wildman–Crippen LogP) is 2.53. The second kappa shape index (κ2) is 7.71. The van der Waals surface area contributed by atoms with Gasteiger partial charge in [0.25, 0.3) is 0 Å². The van der Waals surface area contributed by atoms with Gasteiger partial charge in [-0.15, -0.1) is 0 Å². The molecule has 3 amide bonds. The average Bonchev–Trinajstić information content (AvgIpc) is 2.52. The molecular weight excluding hydrogens is 339 g/mol. The fourth-order valence-corrected chi connectivity index (χ4v) is 2.37. The summed E-state index contributed by atoms with van der Waals surface area (Å²) < 4.78 is 40.7. The van der Waals surface area contributed by atoms with Crippen molar-refractivity contribution in [2.45, 2.75) is 38.9 Å². The van der Waals surface area contributed by atoms with Crippen molar-refractivity contribution in [1.29, 1.82) is 0 Å². The van der Waals surface area contributed by atoms with Gasteiger partial charge in [-0.05, 0) is 17.9 Å². The number of pyridine rings is 1. The molecule has 138 valence electrons. The van der Waals surface area contributed by atoms with Gasteiger partial charge >= 0.3 is 12.2 Å². The third-order valence-electron chi connectivity index (χ3n) is 3.86. The Balaban J connectivity index is 1.87. The Morgan fingerprint density at radius 2 is 2.08 bits per heavy atom. The van der Waals surface area contributed by atoms with Crippen LogP contribution in [0.3, 0.4) is 0 Å². The van der Waals surface area contributed by atoms with E-state index < -0.39 is 18.8 Å². The first-order valence-electron chi connectivity index (χ1n) is 7.91. The van der Waals surface area contributed by atoms with Crippen molar-refractivity contribution >= 4 is 11.9 Å². The molecule has 1 aliphatic rings. The molecule has 0 radical (unpaired) electrons. The maximum atomic E-state index is 12.1. The lowest BCUT2D eigenvalue weighted by molar-refractivity contribution is -0.154. The molecule has 25 heavy (non-hydrogen) atoms. The SMILES string of the molecule is CC(C)[C@H]1CC(=O)N(CCc2ccc(OCC(F)(F)F)nc2)C(=O)N1. The van der Waals surface area contributed by atoms with Gasteiger partial charge in [0.2, 0.25) is 11.8 Å². The van der Waals surface area contributed by atoms with Crippen molar-refractivity contribution in [3.8, 4) is 5.88 Å². The van der Waals surface area contributed by atoms with Crippen molar-refractivity contribution < 1.29 is 27.5 Å². The number of nitrogens with one attached hydrogen (secondary N) is 1. The second-order valence-corrected chi connectivity index (χ2v) is 6.21. The van der Waals surface area contributed by atoms with Crippen LogP contribution in [0.4, 0.5) is 18.0 Å². The summed E-state index contributed by atoms with van der Waals surface area (Å²) in [5.74, 6) is -0.198. The van der Waals surface area contributed by atoms with Crippen LogP contribution in [0.1, 0.15) is 25.8 Å². The molecule has 0 saturated carbocycles. The topological polar surface area (TPSA) is 71.5 Å². The zero-order chi connectivity index (χ0) is 18.6. The Hall–Kier alpha value is -2.32. The number of nitrogens with zero attached hydrogens (tertiary/aromatic N) is 2. The lowest BCUT2D eigenvalue weighted by Crippen LogP contribution is -2.56. The maximum absolute atomic E-state index is 12.1. The van der Waals surface area contributed by atoms with Gasteiger partial charge in [-0.1, -0.05) is 19.9 Å². The summed E-state index contributed by atoms with van der Waals surface area (Å²) in [4.78, 5) is 29.1. The molecule has 0 spiro atoms. The van der Waals surface area contributed by atoms with Crippen LogP contribution in [0.15, 0.2) is 18.3 Å². The van der Waals surface area contributed by atoms with Gasteiger partial charge in [-0.3, -0.25) is 9.69 Å². The van der Waals surface area contributed by atoms with Gasteiger partial charge in [-0.2, -0.15) is 13.2 Å². The van der Waals surface area contributed by atoms with Gasteiger partial charge in [0, 0.05) is 31.3 Å². The van der Waals surface area contributed by atoms with Crippen LogP contribution in [0.25, 0.3) is 0 Å². The summed E-state index contributed by atoms with van der Waals surface area (Å²) in [5, 5.41) is 2.80. The summed E-state index contributed by atoms with van der Waals surface area (Å²) in [7, 11) is 0. The number of urea groups is 1. The molecule has 9 heteroatoms. The molecule has 1 aliphatic heterocycles. The van der Waals surface area contributed by atoms with Gasteiger partial charge in [0.1, 0.15) is 0 Å². The third-order valence-corrected chi connectivity index (χ3v) is 3.86. The largest absolute Gasteiger partial charge is 0.468 e. The van der Waals surface area contributed by atoms with E-state index in [1.165, 1.54) is 12.3 Å². The number of halogens is 3. The number of carbonyl (C=O) groups excluding carboxylic acids is 2. The van der Waals surface area contributed by atoms with Crippen LogP contribution in [0, 0.1) is 5.92 Å². The van der Waals surface area contributed by atoms with Crippen molar-refractivity contribution in [2.24, 2.45) is 5.92 Å². The number of hydrogen-bond acceptors (Lipinski definition) is 4. The number of imide groups is 1. The third kappa shape index (κ3) is 5.61. The quantitative estimate of drug-likeness (QED) is 0.847. The molecule has 2 rings (SSSR count). The fourth-order valence-electron chi connectivity index (χ4n) is 2.37. The highest BCUT2D eigenvalue weighted by Crippen LogP contribution is 2.18. The highest BCUT2D eigenvalue weighted by Gasteiger charge is 2.33. The van der Waals surface area contributed by atoms with Crippen molar-refractivity contribution in [1.82, 2.24) is 15.2 Å². The van der Waals surface area contributed by atoms with E-state index in [-0.39, 0.29) is 36.7 Å². The highest BCUT2D eigenvalue weighted by atomic mass is 19.4. The number of hydrogen-bond donors (Lipinski definition) is 1. The zero-order valence-corrected chi connectivity index (χ0v) is 14.0. The first-order valence-corrected chi connectivity index (χ1v) is 7.91. The Labute approximate surface area is 143 Å². The molecule has 1 aromatic heterocycles. The lowest BCUT2D eigenvalue weighted by Gasteiger charge is -2.33. The van der Waals surface area contributed by atoms with Gasteiger partial charge < -0.3 is 10.1 Å². The van der Waals surface area contributed by atoms with E-state index in [1.807, 2.05) is 13.8 Å². The molecule has 1 aromatic rings. The van der Waals surface area contributed by atoms with E-state index in [4.69, 9.17) is 0 Å². The van der Waals surface area contributed by atoms with Crippen LogP contribution in [-0.2, 0) is 11.2 Å². The maximum Gasteiger partial charge on any atom is 0.422 e. The molecule has 1 atom stereocenters. The number of aromatic nitrogens is 1. The van der Waals surface area contributed by atoms with E-state index in [0.717, 1.165) is 4.90 Å². The summed E-state index contributed by atoms with van der Waals surface area (Å²) in [6.07, 6.45) is -2.44.